The van der Waals surface area contributed by atoms with Crippen LogP contribution in [0, 0.1) is 13.8 Å². The van der Waals surface area contributed by atoms with Gasteiger partial charge in [-0.25, -0.2) is 8.42 Å². The van der Waals surface area contributed by atoms with E-state index in [9.17, 15) is 21.6 Å². The van der Waals surface area contributed by atoms with Gasteiger partial charge in [0, 0.05) is 19.3 Å². The molecule has 0 spiro atoms. The van der Waals surface area contributed by atoms with Crippen molar-refractivity contribution in [2.45, 2.75) is 43.8 Å². The van der Waals surface area contributed by atoms with Gasteiger partial charge in [-0.2, -0.15) is 17.5 Å². The van der Waals surface area contributed by atoms with Crippen LogP contribution in [0.15, 0.2) is 23.1 Å². The Hall–Kier alpha value is -1.12. The highest BCUT2D eigenvalue weighted by molar-refractivity contribution is 7.89. The van der Waals surface area contributed by atoms with Crippen molar-refractivity contribution in [3.63, 3.8) is 0 Å². The average molecular weight is 351 g/mol. The lowest BCUT2D eigenvalue weighted by atomic mass is 10.1. The van der Waals surface area contributed by atoms with Crippen LogP contribution in [0.3, 0.4) is 0 Å². The van der Waals surface area contributed by atoms with E-state index in [1.54, 1.807) is 26.0 Å². The van der Waals surface area contributed by atoms with Gasteiger partial charge in [-0.1, -0.05) is 12.1 Å². The van der Waals surface area contributed by atoms with Gasteiger partial charge in [0.25, 0.3) is 0 Å². The minimum Gasteiger partial charge on any atom is -0.381 e. The molecule has 0 bridgehead atoms. The molecule has 0 saturated carbocycles. The number of hydrogen-bond acceptors (Lipinski definition) is 3. The lowest BCUT2D eigenvalue weighted by Gasteiger charge is -2.34. The Kier molecular flexibility index (Phi) is 5.37. The summed E-state index contributed by atoms with van der Waals surface area (Å²) in [5, 5.41) is 0. The highest BCUT2D eigenvalue weighted by atomic mass is 32.2. The molecule has 0 aliphatic carbocycles. The van der Waals surface area contributed by atoms with Gasteiger partial charge in [-0.3, -0.25) is 0 Å². The van der Waals surface area contributed by atoms with Crippen LogP contribution in [0.25, 0.3) is 0 Å². The van der Waals surface area contributed by atoms with E-state index >= 15 is 0 Å². The molecule has 130 valence electrons. The summed E-state index contributed by atoms with van der Waals surface area (Å²) in [5.74, 6) is 0. The molecule has 1 fully saturated rings. The molecule has 1 aromatic carbocycles. The molecular weight excluding hydrogens is 331 g/mol. The van der Waals surface area contributed by atoms with Crippen molar-refractivity contribution < 1.29 is 26.3 Å². The maximum Gasteiger partial charge on any atom is 0.402 e. The van der Waals surface area contributed by atoms with Crippen LogP contribution in [0.5, 0.6) is 0 Å². The molecule has 1 aromatic rings. The molecule has 1 heterocycles. The van der Waals surface area contributed by atoms with Crippen molar-refractivity contribution in [3.05, 3.63) is 29.3 Å². The van der Waals surface area contributed by atoms with Crippen molar-refractivity contribution in [2.24, 2.45) is 0 Å². The van der Waals surface area contributed by atoms with Crippen LogP contribution < -0.4 is 0 Å². The number of benzene rings is 1. The Morgan fingerprint density at radius 3 is 2.39 bits per heavy atom. The van der Waals surface area contributed by atoms with E-state index in [0.717, 1.165) is 0 Å². The predicted octanol–water partition coefficient (Wildman–Crippen LogP) is 3.04. The lowest BCUT2D eigenvalue weighted by molar-refractivity contribution is -0.141. The Morgan fingerprint density at radius 1 is 1.22 bits per heavy atom. The molecule has 4 nitrogen and oxygen atoms in total. The monoisotopic (exact) mass is 351 g/mol. The van der Waals surface area contributed by atoms with Crippen molar-refractivity contribution >= 4 is 10.0 Å². The van der Waals surface area contributed by atoms with Gasteiger partial charge in [0.05, 0.1) is 4.90 Å². The molecule has 0 N–H and O–H groups in total. The highest BCUT2D eigenvalue weighted by Gasteiger charge is 2.41. The van der Waals surface area contributed by atoms with E-state index in [0.29, 0.717) is 15.4 Å². The molecular formula is C15H20F3NO3S. The fraction of sp³-hybridized carbons (Fsp3) is 0.600. The number of sulfonamides is 1. The number of ether oxygens (including phenoxy) is 1. The van der Waals surface area contributed by atoms with Crippen LogP contribution in [-0.2, 0) is 14.8 Å². The van der Waals surface area contributed by atoms with E-state index in [2.05, 4.69) is 0 Å². The Bertz CT molecular complexity index is 652. The Labute approximate surface area is 134 Å². The van der Waals surface area contributed by atoms with Crippen LogP contribution >= 0.6 is 0 Å². The zero-order chi connectivity index (χ0) is 17.3. The van der Waals surface area contributed by atoms with Crippen molar-refractivity contribution in [2.75, 3.05) is 19.8 Å². The summed E-state index contributed by atoms with van der Waals surface area (Å²) < 4.78 is 70.3. The quantitative estimate of drug-likeness (QED) is 0.838. The van der Waals surface area contributed by atoms with E-state index < -0.39 is 28.8 Å². The van der Waals surface area contributed by atoms with E-state index in [-0.39, 0.29) is 31.0 Å². The lowest BCUT2D eigenvalue weighted by Crippen LogP contribution is -2.47. The summed E-state index contributed by atoms with van der Waals surface area (Å²) in [4.78, 5) is -0.0618. The number of aryl methyl sites for hydroxylation is 2. The topological polar surface area (TPSA) is 46.6 Å². The third kappa shape index (κ3) is 4.45. The minimum absolute atomic E-state index is 0.0618. The third-order valence-corrected chi connectivity index (χ3v) is 5.90. The van der Waals surface area contributed by atoms with Crippen LogP contribution in [0.2, 0.25) is 0 Å². The largest absolute Gasteiger partial charge is 0.402 e. The maximum atomic E-state index is 12.9. The number of rotatable bonds is 4. The summed E-state index contributed by atoms with van der Waals surface area (Å²) in [6.45, 7) is 2.35. The Morgan fingerprint density at radius 2 is 1.83 bits per heavy atom. The van der Waals surface area contributed by atoms with Crippen molar-refractivity contribution in [1.29, 1.82) is 0 Å². The molecule has 1 aliphatic heterocycles. The normalized spacial score (nSPS) is 17.7. The average Bonchev–Trinajstić information content (AvgIpc) is 2.47. The third-order valence-electron chi connectivity index (χ3n) is 3.86. The second-order valence-corrected chi connectivity index (χ2v) is 7.64. The van der Waals surface area contributed by atoms with Gasteiger partial charge in [0.2, 0.25) is 10.0 Å². The van der Waals surface area contributed by atoms with Gasteiger partial charge in [0.15, 0.2) is 0 Å². The number of hydrogen-bond donors (Lipinski definition) is 0. The van der Waals surface area contributed by atoms with Gasteiger partial charge in [-0.15, -0.1) is 0 Å². The fourth-order valence-corrected chi connectivity index (χ4v) is 4.65. The summed E-state index contributed by atoms with van der Waals surface area (Å²) in [6.07, 6.45) is -4.07. The summed E-state index contributed by atoms with van der Waals surface area (Å²) in [5.41, 5.74) is 1.13. The molecule has 1 saturated heterocycles. The summed E-state index contributed by atoms with van der Waals surface area (Å²) >= 11 is 0. The fourth-order valence-electron chi connectivity index (χ4n) is 2.67. The van der Waals surface area contributed by atoms with E-state index in [1.165, 1.54) is 6.07 Å². The standard InChI is InChI=1S/C15H20F3NO3S/c1-11-3-4-12(2)14(9-11)23(20,21)19(10-15(16,17)18)13-5-7-22-8-6-13/h3-4,9,13H,5-8,10H2,1-2H3. The van der Waals surface area contributed by atoms with Crippen LogP contribution in [0.4, 0.5) is 13.2 Å². The molecule has 0 unspecified atom stereocenters. The van der Waals surface area contributed by atoms with Crippen LogP contribution in [0.1, 0.15) is 24.0 Å². The Balaban J connectivity index is 2.45. The van der Waals surface area contributed by atoms with Crippen molar-refractivity contribution in [1.82, 2.24) is 4.31 Å². The SMILES string of the molecule is Cc1ccc(C)c(S(=O)(=O)N(CC(F)(F)F)C2CCOCC2)c1. The van der Waals surface area contributed by atoms with Gasteiger partial charge < -0.3 is 4.74 Å². The molecule has 0 atom stereocenters. The first-order valence-corrected chi connectivity index (χ1v) is 8.79. The first-order valence-electron chi connectivity index (χ1n) is 7.35. The van der Waals surface area contributed by atoms with Crippen molar-refractivity contribution in [3.8, 4) is 0 Å². The summed E-state index contributed by atoms with van der Waals surface area (Å²) in [7, 11) is -4.23. The summed E-state index contributed by atoms with van der Waals surface area (Å²) in [6, 6.07) is 4.07. The maximum absolute atomic E-state index is 12.9. The molecule has 23 heavy (non-hydrogen) atoms. The zero-order valence-electron chi connectivity index (χ0n) is 13.1. The number of halogens is 3. The van der Waals surface area contributed by atoms with Gasteiger partial charge in [-0.05, 0) is 43.9 Å². The van der Waals surface area contributed by atoms with E-state index in [4.69, 9.17) is 4.74 Å². The smallest absolute Gasteiger partial charge is 0.381 e. The van der Waals surface area contributed by atoms with E-state index in [1.807, 2.05) is 0 Å². The molecule has 0 radical (unpaired) electrons. The van der Waals surface area contributed by atoms with Gasteiger partial charge in [0.1, 0.15) is 6.54 Å². The number of nitrogens with zero attached hydrogens (tertiary/aromatic N) is 1. The molecule has 1 aliphatic rings. The second-order valence-electron chi connectivity index (χ2n) is 5.78. The zero-order valence-corrected chi connectivity index (χ0v) is 13.9. The van der Waals surface area contributed by atoms with Gasteiger partial charge >= 0.3 is 6.18 Å². The first kappa shape index (κ1) is 18.2. The predicted molar refractivity (Wildman–Crippen MR) is 79.7 cm³/mol. The molecule has 2 rings (SSSR count). The second kappa shape index (κ2) is 6.78. The number of alkyl halides is 3. The first-order chi connectivity index (χ1) is 10.6. The van der Waals surface area contributed by atoms with Crippen LogP contribution in [-0.4, -0.2) is 44.7 Å². The molecule has 8 heteroatoms. The molecule has 0 aromatic heterocycles. The minimum atomic E-state index is -4.59. The molecule has 0 amide bonds. The highest BCUT2D eigenvalue weighted by Crippen LogP contribution is 2.30.